The van der Waals surface area contributed by atoms with Gasteiger partial charge in [-0.25, -0.2) is 0 Å². The van der Waals surface area contributed by atoms with Crippen molar-refractivity contribution in [2.75, 3.05) is 32.8 Å². The molecule has 1 N–H and O–H groups in total. The van der Waals surface area contributed by atoms with Gasteiger partial charge in [-0.1, -0.05) is 20.8 Å². The number of likely N-dealkylation sites (N-methyl/N-ethyl adjacent to an activating group) is 1. The molecule has 0 aliphatic carbocycles. The molecular formula is C15H32N2O2. The molecule has 114 valence electrons. The monoisotopic (exact) mass is 272 g/mol. The number of esters is 1. The average Bonchev–Trinajstić information content (AvgIpc) is 2.37. The van der Waals surface area contributed by atoms with Gasteiger partial charge in [0.25, 0.3) is 0 Å². The first kappa shape index (κ1) is 18.4. The van der Waals surface area contributed by atoms with Crippen molar-refractivity contribution in [3.05, 3.63) is 0 Å². The summed E-state index contributed by atoms with van der Waals surface area (Å²) in [5.74, 6) is -0.134. The summed E-state index contributed by atoms with van der Waals surface area (Å²) in [4.78, 5) is 14.5. The van der Waals surface area contributed by atoms with E-state index in [-0.39, 0.29) is 5.97 Å². The predicted molar refractivity (Wildman–Crippen MR) is 80.4 cm³/mol. The smallest absolute Gasteiger partial charge is 0.326 e. The second kappa shape index (κ2) is 10.2. The maximum absolute atomic E-state index is 12.1. The molecular weight excluding hydrogens is 240 g/mol. The summed E-state index contributed by atoms with van der Waals surface area (Å²) >= 11 is 0. The van der Waals surface area contributed by atoms with Gasteiger partial charge in [-0.2, -0.15) is 0 Å². The number of hydrogen-bond donors (Lipinski definition) is 1. The Morgan fingerprint density at radius 3 is 2.11 bits per heavy atom. The van der Waals surface area contributed by atoms with Crippen LogP contribution in [0.3, 0.4) is 0 Å². The van der Waals surface area contributed by atoms with Crippen LogP contribution in [0.2, 0.25) is 0 Å². The topological polar surface area (TPSA) is 41.6 Å². The van der Waals surface area contributed by atoms with Crippen LogP contribution in [0.5, 0.6) is 0 Å². The van der Waals surface area contributed by atoms with Crippen LogP contribution >= 0.6 is 0 Å². The third kappa shape index (κ3) is 6.92. The molecule has 0 aliphatic rings. The Morgan fingerprint density at radius 1 is 1.11 bits per heavy atom. The third-order valence-corrected chi connectivity index (χ3v) is 3.30. The van der Waals surface area contributed by atoms with Crippen molar-refractivity contribution in [3.63, 3.8) is 0 Å². The van der Waals surface area contributed by atoms with E-state index in [1.54, 1.807) is 0 Å². The van der Waals surface area contributed by atoms with Crippen molar-refractivity contribution in [1.82, 2.24) is 10.2 Å². The fourth-order valence-corrected chi connectivity index (χ4v) is 2.29. The lowest BCUT2D eigenvalue weighted by Crippen LogP contribution is -2.52. The van der Waals surface area contributed by atoms with E-state index in [4.69, 9.17) is 4.74 Å². The summed E-state index contributed by atoms with van der Waals surface area (Å²) in [6, 6.07) is 0. The number of rotatable bonds is 11. The first-order valence-electron chi connectivity index (χ1n) is 7.68. The molecule has 4 nitrogen and oxygen atoms in total. The maximum atomic E-state index is 12.1. The summed E-state index contributed by atoms with van der Waals surface area (Å²) in [7, 11) is 0. The van der Waals surface area contributed by atoms with Gasteiger partial charge in [-0.15, -0.1) is 0 Å². The van der Waals surface area contributed by atoms with E-state index in [9.17, 15) is 4.79 Å². The zero-order valence-electron chi connectivity index (χ0n) is 13.4. The lowest BCUT2D eigenvalue weighted by Gasteiger charge is -2.31. The van der Waals surface area contributed by atoms with Crippen molar-refractivity contribution in [2.45, 2.75) is 59.4 Å². The van der Waals surface area contributed by atoms with E-state index < -0.39 is 5.54 Å². The lowest BCUT2D eigenvalue weighted by molar-refractivity contribution is -0.151. The molecule has 0 saturated carbocycles. The first-order valence-corrected chi connectivity index (χ1v) is 7.68. The molecule has 0 saturated heterocycles. The SMILES string of the molecule is CCCN(CCC)CCC(C)(NCC)C(=O)OCC. The average molecular weight is 272 g/mol. The quantitative estimate of drug-likeness (QED) is 0.587. The molecule has 4 heteroatoms. The molecule has 0 amide bonds. The third-order valence-electron chi connectivity index (χ3n) is 3.30. The van der Waals surface area contributed by atoms with Gasteiger partial charge in [0.15, 0.2) is 0 Å². The standard InChI is InChI=1S/C15H32N2O2/c1-6-11-17(12-7-2)13-10-15(5,16-8-3)14(18)19-9-4/h16H,6-13H2,1-5H3. The van der Waals surface area contributed by atoms with Crippen LogP contribution in [-0.4, -0.2) is 49.2 Å². The van der Waals surface area contributed by atoms with Gasteiger partial charge in [0.05, 0.1) is 6.61 Å². The van der Waals surface area contributed by atoms with Gasteiger partial charge in [-0.3, -0.25) is 4.79 Å². The van der Waals surface area contributed by atoms with Gasteiger partial charge >= 0.3 is 5.97 Å². The van der Waals surface area contributed by atoms with Gasteiger partial charge in [0.2, 0.25) is 0 Å². The fraction of sp³-hybridized carbons (Fsp3) is 0.933. The number of carbonyl (C=O) groups is 1. The van der Waals surface area contributed by atoms with Gasteiger partial charge in [-0.05, 0) is 52.7 Å². The molecule has 0 aromatic carbocycles. The van der Waals surface area contributed by atoms with Crippen molar-refractivity contribution in [3.8, 4) is 0 Å². The number of ether oxygens (including phenoxy) is 1. The Kier molecular flexibility index (Phi) is 9.88. The minimum Gasteiger partial charge on any atom is -0.465 e. The van der Waals surface area contributed by atoms with Crippen molar-refractivity contribution < 1.29 is 9.53 Å². The molecule has 1 atom stereocenters. The lowest BCUT2D eigenvalue weighted by atomic mass is 9.97. The Balaban J connectivity index is 4.50. The Labute approximate surface area is 118 Å². The molecule has 0 radical (unpaired) electrons. The van der Waals surface area contributed by atoms with Crippen LogP contribution < -0.4 is 5.32 Å². The first-order chi connectivity index (χ1) is 9.03. The highest BCUT2D eigenvalue weighted by molar-refractivity contribution is 5.80. The highest BCUT2D eigenvalue weighted by atomic mass is 16.5. The Morgan fingerprint density at radius 2 is 1.68 bits per heavy atom. The van der Waals surface area contributed by atoms with Crippen LogP contribution in [0.15, 0.2) is 0 Å². The van der Waals surface area contributed by atoms with Crippen LogP contribution in [-0.2, 0) is 9.53 Å². The van der Waals surface area contributed by atoms with Crippen LogP contribution in [0.25, 0.3) is 0 Å². The maximum Gasteiger partial charge on any atom is 0.326 e. The van der Waals surface area contributed by atoms with Gasteiger partial charge in [0, 0.05) is 6.54 Å². The molecule has 0 aromatic heterocycles. The fourth-order valence-electron chi connectivity index (χ4n) is 2.29. The highest BCUT2D eigenvalue weighted by Gasteiger charge is 2.33. The molecule has 0 aliphatic heterocycles. The van der Waals surface area contributed by atoms with Crippen molar-refractivity contribution in [1.29, 1.82) is 0 Å². The number of hydrogen-bond acceptors (Lipinski definition) is 4. The second-order valence-electron chi connectivity index (χ2n) is 5.17. The normalized spacial score (nSPS) is 14.4. The molecule has 0 bridgehead atoms. The highest BCUT2D eigenvalue weighted by Crippen LogP contribution is 2.14. The molecule has 0 rings (SSSR count). The van der Waals surface area contributed by atoms with E-state index >= 15 is 0 Å². The molecule has 0 aromatic rings. The summed E-state index contributed by atoms with van der Waals surface area (Å²) in [6.07, 6.45) is 3.09. The van der Waals surface area contributed by atoms with E-state index in [1.165, 1.54) is 0 Å². The van der Waals surface area contributed by atoms with E-state index in [1.807, 2.05) is 20.8 Å². The van der Waals surface area contributed by atoms with Crippen molar-refractivity contribution >= 4 is 5.97 Å². The van der Waals surface area contributed by atoms with Crippen LogP contribution in [0.4, 0.5) is 0 Å². The summed E-state index contributed by atoms with van der Waals surface area (Å²) in [5, 5.41) is 3.28. The number of nitrogens with zero attached hydrogens (tertiary/aromatic N) is 1. The second-order valence-corrected chi connectivity index (χ2v) is 5.17. The van der Waals surface area contributed by atoms with E-state index in [0.29, 0.717) is 6.61 Å². The minimum atomic E-state index is -0.565. The predicted octanol–water partition coefficient (Wildman–Crippen LogP) is 2.43. The van der Waals surface area contributed by atoms with Gasteiger partial charge < -0.3 is 15.0 Å². The summed E-state index contributed by atoms with van der Waals surface area (Å²) < 4.78 is 5.19. The van der Waals surface area contributed by atoms with Crippen molar-refractivity contribution in [2.24, 2.45) is 0 Å². The number of carbonyl (C=O) groups excluding carboxylic acids is 1. The Hall–Kier alpha value is -0.610. The molecule has 1 unspecified atom stereocenters. The molecule has 0 fully saturated rings. The van der Waals surface area contributed by atoms with Gasteiger partial charge in [0.1, 0.15) is 5.54 Å². The Bertz CT molecular complexity index is 240. The molecule has 19 heavy (non-hydrogen) atoms. The number of nitrogens with one attached hydrogen (secondary N) is 1. The minimum absolute atomic E-state index is 0.134. The molecule has 0 spiro atoms. The van der Waals surface area contributed by atoms with E-state index in [0.717, 1.165) is 45.4 Å². The van der Waals surface area contributed by atoms with Crippen LogP contribution in [0.1, 0.15) is 53.9 Å². The summed E-state index contributed by atoms with van der Waals surface area (Å²) in [6.45, 7) is 14.5. The largest absolute Gasteiger partial charge is 0.465 e. The van der Waals surface area contributed by atoms with Crippen LogP contribution in [0, 0.1) is 0 Å². The van der Waals surface area contributed by atoms with E-state index in [2.05, 4.69) is 24.1 Å². The summed E-state index contributed by atoms with van der Waals surface area (Å²) in [5.41, 5.74) is -0.565. The molecule has 0 heterocycles. The zero-order valence-corrected chi connectivity index (χ0v) is 13.4. The zero-order chi connectivity index (χ0) is 14.7.